The van der Waals surface area contributed by atoms with Crippen LogP contribution in [0.1, 0.15) is 22.9 Å². The van der Waals surface area contributed by atoms with Gasteiger partial charge in [0.05, 0.1) is 11.0 Å². The van der Waals surface area contributed by atoms with Crippen molar-refractivity contribution in [2.24, 2.45) is 9.98 Å². The van der Waals surface area contributed by atoms with Gasteiger partial charge < -0.3 is 18.7 Å². The lowest BCUT2D eigenvalue weighted by Gasteiger charge is -2.23. The number of hydrogen-bond donors (Lipinski definition) is 1. The van der Waals surface area contributed by atoms with Gasteiger partial charge in [0.1, 0.15) is 23.2 Å². The Bertz CT molecular complexity index is 3430. The second kappa shape index (κ2) is 12.4. The minimum absolute atomic E-state index is 0.284. The average molecular weight is 733 g/mol. The summed E-state index contributed by atoms with van der Waals surface area (Å²) in [6.45, 7) is 0. The standard InChI is InChI=1S/C51H32N4O2/c1-4-13-31(14-5-1)36-20-12-22-43-46(36)41-19-10-11-21-42(41)55(43)35-24-26-38-40-28-27-39-37-25-23-34(29-44(37)56-47(39)48(40)57-45(38)30-35)51-53-49(32-15-6-2-7-16-32)52-50(54-51)33-17-8-3-9-18-33/h1-30,49H,(H,52,53,54). The summed E-state index contributed by atoms with van der Waals surface area (Å²) < 4.78 is 15.8. The van der Waals surface area contributed by atoms with Gasteiger partial charge in [-0.15, -0.1) is 0 Å². The third-order valence-corrected chi connectivity index (χ3v) is 11.3. The van der Waals surface area contributed by atoms with E-state index in [-0.39, 0.29) is 6.17 Å². The fourth-order valence-electron chi connectivity index (χ4n) is 8.62. The van der Waals surface area contributed by atoms with Gasteiger partial charge in [0.15, 0.2) is 17.0 Å². The van der Waals surface area contributed by atoms with E-state index < -0.39 is 0 Å². The molecule has 6 heteroatoms. The van der Waals surface area contributed by atoms with Crippen molar-refractivity contribution >= 4 is 77.4 Å². The molecule has 1 atom stereocenters. The van der Waals surface area contributed by atoms with E-state index in [1.165, 1.54) is 21.9 Å². The first-order valence-corrected chi connectivity index (χ1v) is 19.2. The van der Waals surface area contributed by atoms with Crippen molar-refractivity contribution in [1.29, 1.82) is 0 Å². The van der Waals surface area contributed by atoms with E-state index in [1.54, 1.807) is 0 Å². The van der Waals surface area contributed by atoms with Gasteiger partial charge >= 0.3 is 0 Å². The molecule has 1 unspecified atom stereocenters. The number of aliphatic imine (C=N–C) groups is 2. The molecule has 1 aliphatic rings. The van der Waals surface area contributed by atoms with Crippen molar-refractivity contribution in [3.05, 3.63) is 199 Å². The van der Waals surface area contributed by atoms with Crippen LogP contribution in [0.5, 0.6) is 0 Å². The van der Waals surface area contributed by atoms with E-state index in [0.717, 1.165) is 83.1 Å². The van der Waals surface area contributed by atoms with Gasteiger partial charge in [-0.1, -0.05) is 127 Å². The summed E-state index contributed by atoms with van der Waals surface area (Å²) in [4.78, 5) is 10.1. The Morgan fingerprint density at radius 2 is 1.09 bits per heavy atom. The number of para-hydroxylation sites is 1. The molecule has 0 saturated carbocycles. The van der Waals surface area contributed by atoms with E-state index in [1.807, 2.05) is 42.5 Å². The van der Waals surface area contributed by atoms with Crippen LogP contribution in [0.4, 0.5) is 0 Å². The first-order chi connectivity index (χ1) is 28.2. The maximum absolute atomic E-state index is 6.76. The molecular weight excluding hydrogens is 701 g/mol. The van der Waals surface area contributed by atoms with Gasteiger partial charge in [0, 0.05) is 55.2 Å². The molecule has 6 nitrogen and oxygen atoms in total. The van der Waals surface area contributed by atoms with E-state index in [0.29, 0.717) is 5.84 Å². The zero-order valence-electron chi connectivity index (χ0n) is 30.6. The normalized spacial score (nSPS) is 14.5. The zero-order chi connectivity index (χ0) is 37.5. The SMILES string of the molecule is c1ccc(C2=NC(c3ccc4c(c3)oc3c4ccc4c5ccc(-n6c7ccccc7c7c(-c8ccccc8)cccc76)cc5oc43)=NC(c3ccccc3)N2)cc1. The summed E-state index contributed by atoms with van der Waals surface area (Å²) >= 11 is 0. The maximum atomic E-state index is 6.76. The highest BCUT2D eigenvalue weighted by Gasteiger charge is 2.23. The number of rotatable bonds is 5. The Morgan fingerprint density at radius 1 is 0.474 bits per heavy atom. The van der Waals surface area contributed by atoms with Crippen LogP contribution in [0, 0.1) is 0 Å². The van der Waals surface area contributed by atoms with Crippen LogP contribution in [0.25, 0.3) is 82.5 Å². The Morgan fingerprint density at radius 3 is 1.84 bits per heavy atom. The Kier molecular flexibility index (Phi) is 6.89. The number of hydrogen-bond acceptors (Lipinski definition) is 5. The molecule has 11 aromatic rings. The van der Waals surface area contributed by atoms with Gasteiger partial charge in [-0.25, -0.2) is 9.98 Å². The first-order valence-electron chi connectivity index (χ1n) is 19.2. The van der Waals surface area contributed by atoms with Crippen LogP contribution in [-0.2, 0) is 0 Å². The number of fused-ring (bicyclic) bond motifs is 10. The highest BCUT2D eigenvalue weighted by Crippen LogP contribution is 2.42. The summed E-state index contributed by atoms with van der Waals surface area (Å²) in [5.74, 6) is 1.42. The van der Waals surface area contributed by atoms with Crippen molar-refractivity contribution in [2.75, 3.05) is 0 Å². The van der Waals surface area contributed by atoms with Crippen molar-refractivity contribution in [3.8, 4) is 16.8 Å². The Balaban J connectivity index is 0.989. The average Bonchev–Trinajstić information content (AvgIpc) is 3.96. The number of furan rings is 2. The van der Waals surface area contributed by atoms with E-state index in [2.05, 4.69) is 149 Å². The molecule has 4 heterocycles. The van der Waals surface area contributed by atoms with Crippen LogP contribution >= 0.6 is 0 Å². The van der Waals surface area contributed by atoms with Gasteiger partial charge in [-0.2, -0.15) is 0 Å². The summed E-state index contributed by atoms with van der Waals surface area (Å²) in [7, 11) is 0. The van der Waals surface area contributed by atoms with Gasteiger partial charge in [0.25, 0.3) is 0 Å². The molecule has 0 aliphatic carbocycles. The molecule has 0 saturated heterocycles. The number of amidine groups is 2. The monoisotopic (exact) mass is 732 g/mol. The molecular formula is C51H32N4O2. The maximum Gasteiger partial charge on any atom is 0.178 e. The quantitative estimate of drug-likeness (QED) is 0.192. The highest BCUT2D eigenvalue weighted by atomic mass is 16.4. The fourth-order valence-corrected chi connectivity index (χ4v) is 8.62. The smallest absolute Gasteiger partial charge is 0.178 e. The van der Waals surface area contributed by atoms with Crippen molar-refractivity contribution < 1.29 is 8.83 Å². The lowest BCUT2D eigenvalue weighted by atomic mass is 9.99. The van der Waals surface area contributed by atoms with E-state index >= 15 is 0 Å². The predicted octanol–water partition coefficient (Wildman–Crippen LogP) is 12.7. The second-order valence-electron chi connectivity index (χ2n) is 14.6. The van der Waals surface area contributed by atoms with Crippen LogP contribution in [0.2, 0.25) is 0 Å². The lowest BCUT2D eigenvalue weighted by molar-refractivity contribution is 0.633. The molecule has 12 rings (SSSR count). The molecule has 1 aliphatic heterocycles. The molecule has 0 fully saturated rings. The summed E-state index contributed by atoms with van der Waals surface area (Å²) in [6, 6.07) is 63.3. The Labute approximate surface area is 326 Å². The van der Waals surface area contributed by atoms with Crippen molar-refractivity contribution in [2.45, 2.75) is 6.17 Å². The molecule has 0 amide bonds. The van der Waals surface area contributed by atoms with Crippen molar-refractivity contribution in [3.63, 3.8) is 0 Å². The molecule has 0 radical (unpaired) electrons. The zero-order valence-corrected chi connectivity index (χ0v) is 30.6. The van der Waals surface area contributed by atoms with Crippen molar-refractivity contribution in [1.82, 2.24) is 9.88 Å². The molecule has 8 aromatic carbocycles. The van der Waals surface area contributed by atoms with E-state index in [9.17, 15) is 0 Å². The third-order valence-electron chi connectivity index (χ3n) is 11.3. The minimum atomic E-state index is -0.284. The third kappa shape index (κ3) is 4.97. The summed E-state index contributed by atoms with van der Waals surface area (Å²) in [6.07, 6.45) is -0.284. The van der Waals surface area contributed by atoms with Crippen LogP contribution in [-0.4, -0.2) is 16.2 Å². The number of benzene rings is 8. The van der Waals surface area contributed by atoms with Crippen LogP contribution in [0.3, 0.4) is 0 Å². The second-order valence-corrected chi connectivity index (χ2v) is 14.6. The lowest BCUT2D eigenvalue weighted by Crippen LogP contribution is -2.33. The number of nitrogens with one attached hydrogen (secondary N) is 1. The molecule has 0 bridgehead atoms. The van der Waals surface area contributed by atoms with Gasteiger partial charge in [-0.3, -0.25) is 0 Å². The first kappa shape index (κ1) is 31.6. The summed E-state index contributed by atoms with van der Waals surface area (Å²) in [5.41, 5.74) is 11.7. The van der Waals surface area contributed by atoms with Crippen LogP contribution in [0.15, 0.2) is 201 Å². The topological polar surface area (TPSA) is 68.0 Å². The van der Waals surface area contributed by atoms with E-state index in [4.69, 9.17) is 18.8 Å². The predicted molar refractivity (Wildman–Crippen MR) is 233 cm³/mol. The largest absolute Gasteiger partial charge is 0.452 e. The van der Waals surface area contributed by atoms with Crippen LogP contribution < -0.4 is 5.32 Å². The fraction of sp³-hybridized carbons (Fsp3) is 0.0196. The molecule has 1 N–H and O–H groups in total. The van der Waals surface area contributed by atoms with Gasteiger partial charge in [-0.05, 0) is 65.2 Å². The van der Waals surface area contributed by atoms with Gasteiger partial charge in [0.2, 0.25) is 0 Å². The summed E-state index contributed by atoms with van der Waals surface area (Å²) in [5, 5.41) is 10.1. The molecule has 0 spiro atoms. The minimum Gasteiger partial charge on any atom is -0.452 e. The number of aromatic nitrogens is 1. The number of nitrogens with zero attached hydrogens (tertiary/aromatic N) is 3. The molecule has 3 aromatic heterocycles. The highest BCUT2D eigenvalue weighted by molar-refractivity contribution is 6.21. The Hall–Kier alpha value is -7.70. The molecule has 57 heavy (non-hydrogen) atoms. The molecule has 268 valence electrons.